The molecule has 1 aromatic carbocycles. The molecule has 4 nitrogen and oxygen atoms in total. The molecule has 5 heteroatoms. The van der Waals surface area contributed by atoms with Crippen LogP contribution in [0.4, 0.5) is 0 Å². The predicted octanol–water partition coefficient (Wildman–Crippen LogP) is 3.78. The molecule has 1 aliphatic rings. The smallest absolute Gasteiger partial charge is 0.365 e. The zero-order chi connectivity index (χ0) is 14.4. The van der Waals surface area contributed by atoms with E-state index in [9.17, 15) is 4.79 Å². The Bertz CT molecular complexity index is 484. The van der Waals surface area contributed by atoms with E-state index in [-0.39, 0.29) is 5.38 Å². The minimum absolute atomic E-state index is 0.114. The molecule has 0 amide bonds. The van der Waals surface area contributed by atoms with Gasteiger partial charge in [0.2, 0.25) is 0 Å². The van der Waals surface area contributed by atoms with Gasteiger partial charge in [0, 0.05) is 0 Å². The van der Waals surface area contributed by atoms with E-state index in [1.54, 1.807) is 24.3 Å². The van der Waals surface area contributed by atoms with Crippen molar-refractivity contribution in [3.05, 3.63) is 29.8 Å². The summed E-state index contributed by atoms with van der Waals surface area (Å²) in [5, 5.41) is 3.79. The highest BCUT2D eigenvalue weighted by molar-refractivity contribution is 6.32. The van der Waals surface area contributed by atoms with Gasteiger partial charge in [-0.2, -0.15) is 0 Å². The van der Waals surface area contributed by atoms with Gasteiger partial charge in [-0.05, 0) is 50.5 Å². The number of carbonyl (C=O) groups is 1. The molecule has 20 heavy (non-hydrogen) atoms. The summed E-state index contributed by atoms with van der Waals surface area (Å²) in [6.45, 7) is 2.50. The van der Waals surface area contributed by atoms with Crippen molar-refractivity contribution in [1.82, 2.24) is 0 Å². The number of nitrogens with zero attached hydrogens (tertiary/aromatic N) is 1. The molecule has 2 rings (SSSR count). The van der Waals surface area contributed by atoms with Gasteiger partial charge in [0.15, 0.2) is 0 Å². The van der Waals surface area contributed by atoms with Gasteiger partial charge in [0.05, 0.1) is 23.3 Å². The van der Waals surface area contributed by atoms with Crippen molar-refractivity contribution in [2.24, 2.45) is 5.16 Å². The second-order valence-electron chi connectivity index (χ2n) is 4.63. The third-order valence-corrected chi connectivity index (χ3v) is 3.62. The summed E-state index contributed by atoms with van der Waals surface area (Å²) in [6, 6.07) is 6.79. The van der Waals surface area contributed by atoms with Crippen molar-refractivity contribution in [2.75, 3.05) is 6.61 Å². The molecule has 0 bridgehead atoms. The van der Waals surface area contributed by atoms with Crippen LogP contribution in [0.1, 0.15) is 43.0 Å². The lowest BCUT2D eigenvalue weighted by Crippen LogP contribution is -2.20. The molecule has 1 fully saturated rings. The highest BCUT2D eigenvalue weighted by Crippen LogP contribution is 2.21. The van der Waals surface area contributed by atoms with E-state index < -0.39 is 5.97 Å². The summed E-state index contributed by atoms with van der Waals surface area (Å²) in [5.74, 6) is 0.249. The van der Waals surface area contributed by atoms with Crippen LogP contribution in [0, 0.1) is 0 Å². The lowest BCUT2D eigenvalue weighted by molar-refractivity contribution is 0.0514. The highest BCUT2D eigenvalue weighted by atomic mass is 35.5. The van der Waals surface area contributed by atoms with Crippen molar-refractivity contribution in [1.29, 1.82) is 0 Å². The first-order valence-electron chi connectivity index (χ1n) is 6.85. The molecular weight excluding hydrogens is 278 g/mol. The SMILES string of the molecule is CCOc1ccc(C(=O)ON=C2CCCCC2Cl)cc1. The molecular formula is C15H18ClNO3. The number of ether oxygens (including phenoxy) is 1. The van der Waals surface area contributed by atoms with Gasteiger partial charge in [-0.15, -0.1) is 11.6 Å². The van der Waals surface area contributed by atoms with Crippen molar-refractivity contribution in [2.45, 2.75) is 38.0 Å². The Morgan fingerprint density at radius 2 is 2.10 bits per heavy atom. The number of carbonyl (C=O) groups excluding carboxylic acids is 1. The lowest BCUT2D eigenvalue weighted by Gasteiger charge is -2.17. The van der Waals surface area contributed by atoms with E-state index in [0.29, 0.717) is 12.2 Å². The average molecular weight is 296 g/mol. The lowest BCUT2D eigenvalue weighted by atomic mass is 9.98. The zero-order valence-corrected chi connectivity index (χ0v) is 12.2. The van der Waals surface area contributed by atoms with Crippen molar-refractivity contribution in [3.63, 3.8) is 0 Å². The molecule has 1 aliphatic carbocycles. The topological polar surface area (TPSA) is 47.9 Å². The Morgan fingerprint density at radius 3 is 2.75 bits per heavy atom. The predicted molar refractivity (Wildman–Crippen MR) is 78.6 cm³/mol. The molecule has 108 valence electrons. The van der Waals surface area contributed by atoms with E-state index in [2.05, 4.69) is 5.16 Å². The number of hydrogen-bond donors (Lipinski definition) is 0. The molecule has 0 spiro atoms. The minimum Gasteiger partial charge on any atom is -0.494 e. The Labute approximate surface area is 123 Å². The first-order chi connectivity index (χ1) is 9.70. The number of rotatable bonds is 4. The van der Waals surface area contributed by atoms with E-state index in [4.69, 9.17) is 21.2 Å². The molecule has 0 saturated heterocycles. The standard InChI is InChI=1S/C15H18ClNO3/c1-2-19-12-9-7-11(8-10-12)15(18)20-17-14-6-4-3-5-13(14)16/h7-10,13H,2-6H2,1H3. The van der Waals surface area contributed by atoms with Crippen LogP contribution in [0.3, 0.4) is 0 Å². The van der Waals surface area contributed by atoms with Gasteiger partial charge < -0.3 is 9.57 Å². The molecule has 1 atom stereocenters. The molecule has 0 N–H and O–H groups in total. The van der Waals surface area contributed by atoms with Crippen LogP contribution in [-0.4, -0.2) is 23.7 Å². The molecule has 0 radical (unpaired) electrons. The van der Waals surface area contributed by atoms with Crippen molar-refractivity contribution >= 4 is 23.3 Å². The summed E-state index contributed by atoms with van der Waals surface area (Å²) >= 11 is 6.13. The minimum atomic E-state index is -0.477. The number of benzene rings is 1. The summed E-state index contributed by atoms with van der Waals surface area (Å²) < 4.78 is 5.31. The van der Waals surface area contributed by atoms with E-state index in [1.807, 2.05) is 6.92 Å². The van der Waals surface area contributed by atoms with Crippen LogP contribution in [0.25, 0.3) is 0 Å². The van der Waals surface area contributed by atoms with Gasteiger partial charge in [0.25, 0.3) is 0 Å². The third-order valence-electron chi connectivity index (χ3n) is 3.15. The first kappa shape index (κ1) is 14.9. The normalized spacial score (nSPS) is 20.7. The van der Waals surface area contributed by atoms with E-state index in [0.717, 1.165) is 37.1 Å². The van der Waals surface area contributed by atoms with E-state index in [1.165, 1.54) is 0 Å². The Balaban J connectivity index is 1.95. The fourth-order valence-corrected chi connectivity index (χ4v) is 2.37. The quantitative estimate of drug-likeness (QED) is 0.482. The molecule has 0 heterocycles. The van der Waals surface area contributed by atoms with Crippen LogP contribution < -0.4 is 4.74 Å². The van der Waals surface area contributed by atoms with Gasteiger partial charge in [-0.25, -0.2) is 4.79 Å². The monoisotopic (exact) mass is 295 g/mol. The zero-order valence-electron chi connectivity index (χ0n) is 11.5. The average Bonchev–Trinajstić information content (AvgIpc) is 2.47. The molecule has 0 aliphatic heterocycles. The van der Waals surface area contributed by atoms with Gasteiger partial charge in [-0.1, -0.05) is 11.6 Å². The third kappa shape index (κ3) is 3.97. The van der Waals surface area contributed by atoms with Crippen molar-refractivity contribution < 1.29 is 14.4 Å². The number of alkyl halides is 1. The summed E-state index contributed by atoms with van der Waals surface area (Å²) in [7, 11) is 0. The Morgan fingerprint density at radius 1 is 1.35 bits per heavy atom. The fourth-order valence-electron chi connectivity index (χ4n) is 2.06. The molecule has 1 saturated carbocycles. The van der Waals surface area contributed by atoms with Gasteiger partial charge >= 0.3 is 5.97 Å². The second-order valence-corrected chi connectivity index (χ2v) is 5.16. The van der Waals surface area contributed by atoms with Crippen LogP contribution in [0.2, 0.25) is 0 Å². The Hall–Kier alpha value is -1.55. The van der Waals surface area contributed by atoms with E-state index >= 15 is 0 Å². The maximum absolute atomic E-state index is 11.8. The second kappa shape index (κ2) is 7.29. The van der Waals surface area contributed by atoms with Crippen LogP contribution in [-0.2, 0) is 4.84 Å². The molecule has 0 aromatic heterocycles. The Kier molecular flexibility index (Phi) is 5.41. The van der Waals surface area contributed by atoms with Gasteiger partial charge in [-0.3, -0.25) is 0 Å². The largest absolute Gasteiger partial charge is 0.494 e. The van der Waals surface area contributed by atoms with Gasteiger partial charge in [0.1, 0.15) is 5.75 Å². The molecule has 1 aromatic rings. The van der Waals surface area contributed by atoms with Crippen molar-refractivity contribution in [3.8, 4) is 5.75 Å². The first-order valence-corrected chi connectivity index (χ1v) is 7.29. The van der Waals surface area contributed by atoms with Crippen LogP contribution >= 0.6 is 11.6 Å². The maximum atomic E-state index is 11.8. The van der Waals surface area contributed by atoms with Crippen LogP contribution in [0.15, 0.2) is 29.4 Å². The summed E-state index contributed by atoms with van der Waals surface area (Å²) in [4.78, 5) is 16.8. The maximum Gasteiger partial charge on any atom is 0.365 e. The number of halogens is 1. The fraction of sp³-hybridized carbons (Fsp3) is 0.467. The highest BCUT2D eigenvalue weighted by Gasteiger charge is 2.19. The number of hydrogen-bond acceptors (Lipinski definition) is 4. The van der Waals surface area contributed by atoms with Crippen LogP contribution in [0.5, 0.6) is 5.75 Å². The summed E-state index contributed by atoms with van der Waals surface area (Å²) in [5.41, 5.74) is 1.21. The summed E-state index contributed by atoms with van der Waals surface area (Å²) in [6.07, 6.45) is 3.83. The number of oxime groups is 1. The molecule has 1 unspecified atom stereocenters.